The second-order valence-corrected chi connectivity index (χ2v) is 8.86. The molecule has 1 aliphatic heterocycles. The first kappa shape index (κ1) is 19.7. The maximum Gasteiger partial charge on any atom is 0.230 e. The molecule has 1 saturated carbocycles. The number of likely N-dealkylation sites (tertiary alicyclic amines) is 1. The van der Waals surface area contributed by atoms with Gasteiger partial charge in [-0.2, -0.15) is 0 Å². The average molecular weight is 391 g/mol. The van der Waals surface area contributed by atoms with E-state index >= 15 is 0 Å². The molecule has 2 aliphatic rings. The van der Waals surface area contributed by atoms with E-state index in [2.05, 4.69) is 36.4 Å². The standard InChI is InChI=1S/C25H30N2O2/c1-26(2)24(29)25(15-6-16-27(18-25)23(28)22-13-14-22)17-19-9-11-21(12-10-19)20-7-4-3-5-8-20/h3-5,7-12,22H,6,13-18H2,1-2H3. The Hall–Kier alpha value is -2.62. The van der Waals surface area contributed by atoms with Crippen molar-refractivity contribution in [1.82, 2.24) is 9.80 Å². The summed E-state index contributed by atoms with van der Waals surface area (Å²) in [5, 5.41) is 0. The zero-order valence-electron chi connectivity index (χ0n) is 17.4. The highest BCUT2D eigenvalue weighted by atomic mass is 16.2. The molecule has 2 aromatic rings. The van der Waals surface area contributed by atoms with Crippen LogP contribution in [0.3, 0.4) is 0 Å². The molecule has 1 atom stereocenters. The molecule has 152 valence electrons. The van der Waals surface area contributed by atoms with Crippen LogP contribution >= 0.6 is 0 Å². The van der Waals surface area contributed by atoms with Gasteiger partial charge in [0, 0.05) is 33.1 Å². The number of carbonyl (C=O) groups is 2. The fourth-order valence-electron chi connectivity index (χ4n) is 4.61. The van der Waals surface area contributed by atoms with Gasteiger partial charge in [-0.15, -0.1) is 0 Å². The van der Waals surface area contributed by atoms with E-state index in [1.165, 1.54) is 11.1 Å². The third kappa shape index (κ3) is 4.21. The summed E-state index contributed by atoms with van der Waals surface area (Å²) in [7, 11) is 3.65. The second kappa shape index (κ2) is 8.02. The lowest BCUT2D eigenvalue weighted by Crippen LogP contribution is -2.54. The van der Waals surface area contributed by atoms with Crippen LogP contribution < -0.4 is 0 Å². The van der Waals surface area contributed by atoms with Crippen LogP contribution in [-0.2, 0) is 16.0 Å². The van der Waals surface area contributed by atoms with Gasteiger partial charge in [-0.25, -0.2) is 0 Å². The highest BCUT2D eigenvalue weighted by Crippen LogP contribution is 2.39. The van der Waals surface area contributed by atoms with Gasteiger partial charge in [-0.1, -0.05) is 54.6 Å². The SMILES string of the molecule is CN(C)C(=O)C1(Cc2ccc(-c3ccccc3)cc2)CCCN(C(=O)C2CC2)C1. The molecule has 2 fully saturated rings. The minimum atomic E-state index is -0.527. The second-order valence-electron chi connectivity index (χ2n) is 8.86. The van der Waals surface area contributed by atoms with Gasteiger partial charge in [0.25, 0.3) is 0 Å². The van der Waals surface area contributed by atoms with E-state index in [0.29, 0.717) is 13.0 Å². The first-order valence-electron chi connectivity index (χ1n) is 10.6. The number of benzene rings is 2. The van der Waals surface area contributed by atoms with E-state index in [1.54, 1.807) is 4.90 Å². The van der Waals surface area contributed by atoms with E-state index in [1.807, 2.05) is 37.2 Å². The van der Waals surface area contributed by atoms with E-state index < -0.39 is 5.41 Å². The number of amides is 2. The summed E-state index contributed by atoms with van der Waals surface area (Å²) >= 11 is 0. The van der Waals surface area contributed by atoms with Crippen molar-refractivity contribution in [3.63, 3.8) is 0 Å². The van der Waals surface area contributed by atoms with E-state index in [9.17, 15) is 9.59 Å². The maximum absolute atomic E-state index is 13.3. The first-order valence-corrected chi connectivity index (χ1v) is 10.6. The monoisotopic (exact) mass is 390 g/mol. The quantitative estimate of drug-likeness (QED) is 0.774. The lowest BCUT2D eigenvalue weighted by atomic mass is 9.73. The van der Waals surface area contributed by atoms with E-state index in [-0.39, 0.29) is 17.7 Å². The minimum absolute atomic E-state index is 0.137. The molecule has 4 rings (SSSR count). The summed E-state index contributed by atoms with van der Waals surface area (Å²) in [4.78, 5) is 29.6. The Bertz CT molecular complexity index is 871. The summed E-state index contributed by atoms with van der Waals surface area (Å²) in [5.74, 6) is 0.586. The molecule has 29 heavy (non-hydrogen) atoms. The zero-order valence-corrected chi connectivity index (χ0v) is 17.4. The maximum atomic E-state index is 13.3. The fraction of sp³-hybridized carbons (Fsp3) is 0.440. The number of hydrogen-bond donors (Lipinski definition) is 0. The zero-order chi connectivity index (χ0) is 20.4. The summed E-state index contributed by atoms with van der Waals surface area (Å²) in [5.41, 5.74) is 3.00. The predicted molar refractivity (Wildman–Crippen MR) is 115 cm³/mol. The molecule has 4 heteroatoms. The topological polar surface area (TPSA) is 40.6 Å². The van der Waals surface area contributed by atoms with Gasteiger partial charge in [-0.05, 0) is 48.8 Å². The highest BCUT2D eigenvalue weighted by Gasteiger charge is 2.46. The van der Waals surface area contributed by atoms with Gasteiger partial charge in [0.1, 0.15) is 0 Å². The Labute approximate surface area is 173 Å². The molecule has 2 amide bonds. The summed E-state index contributed by atoms with van der Waals surface area (Å²) in [6, 6.07) is 18.9. The van der Waals surface area contributed by atoms with Crippen molar-refractivity contribution >= 4 is 11.8 Å². The van der Waals surface area contributed by atoms with Crippen LogP contribution in [0.25, 0.3) is 11.1 Å². The Morgan fingerprint density at radius 3 is 2.28 bits per heavy atom. The van der Waals surface area contributed by atoms with Crippen LogP contribution in [-0.4, -0.2) is 48.8 Å². The van der Waals surface area contributed by atoms with Crippen LogP contribution in [0.15, 0.2) is 54.6 Å². The minimum Gasteiger partial charge on any atom is -0.348 e. The predicted octanol–water partition coefficient (Wildman–Crippen LogP) is 4.00. The number of nitrogens with zero attached hydrogens (tertiary/aromatic N) is 2. The third-order valence-corrected chi connectivity index (χ3v) is 6.28. The van der Waals surface area contributed by atoms with Crippen molar-refractivity contribution < 1.29 is 9.59 Å². The lowest BCUT2D eigenvalue weighted by molar-refractivity contribution is -0.147. The van der Waals surface area contributed by atoms with Crippen molar-refractivity contribution in [3.8, 4) is 11.1 Å². The summed E-state index contributed by atoms with van der Waals surface area (Å²) in [6.07, 6.45) is 4.41. The highest BCUT2D eigenvalue weighted by molar-refractivity contribution is 5.86. The molecule has 0 bridgehead atoms. The molecule has 2 aromatic carbocycles. The Kier molecular flexibility index (Phi) is 5.44. The molecule has 1 unspecified atom stereocenters. The molecule has 0 aromatic heterocycles. The van der Waals surface area contributed by atoms with Crippen LogP contribution in [0, 0.1) is 11.3 Å². The lowest BCUT2D eigenvalue weighted by Gasteiger charge is -2.43. The first-order chi connectivity index (χ1) is 14.0. The Balaban J connectivity index is 1.57. The average Bonchev–Trinajstić information content (AvgIpc) is 3.59. The van der Waals surface area contributed by atoms with E-state index in [4.69, 9.17) is 0 Å². The van der Waals surface area contributed by atoms with Crippen molar-refractivity contribution in [2.45, 2.75) is 32.1 Å². The molecule has 0 radical (unpaired) electrons. The van der Waals surface area contributed by atoms with Crippen molar-refractivity contribution in [2.24, 2.45) is 11.3 Å². The largest absolute Gasteiger partial charge is 0.348 e. The van der Waals surface area contributed by atoms with E-state index in [0.717, 1.165) is 37.8 Å². The number of rotatable bonds is 5. The van der Waals surface area contributed by atoms with Gasteiger partial charge in [0.2, 0.25) is 11.8 Å². The molecule has 1 saturated heterocycles. The van der Waals surface area contributed by atoms with Gasteiger partial charge < -0.3 is 9.80 Å². The van der Waals surface area contributed by atoms with Crippen LogP contribution in [0.4, 0.5) is 0 Å². The molecule has 0 N–H and O–H groups in total. The number of hydrogen-bond acceptors (Lipinski definition) is 2. The van der Waals surface area contributed by atoms with Gasteiger partial charge >= 0.3 is 0 Å². The molecular formula is C25H30N2O2. The van der Waals surface area contributed by atoms with Crippen molar-refractivity contribution in [2.75, 3.05) is 27.2 Å². The molecule has 1 aliphatic carbocycles. The normalized spacial score (nSPS) is 21.7. The van der Waals surface area contributed by atoms with Gasteiger partial charge in [0.05, 0.1) is 5.41 Å². The Morgan fingerprint density at radius 1 is 1.00 bits per heavy atom. The van der Waals surface area contributed by atoms with Gasteiger partial charge in [0.15, 0.2) is 0 Å². The summed E-state index contributed by atoms with van der Waals surface area (Å²) in [6.45, 7) is 1.32. The molecule has 0 spiro atoms. The molecule has 4 nitrogen and oxygen atoms in total. The van der Waals surface area contributed by atoms with Crippen molar-refractivity contribution in [3.05, 3.63) is 60.2 Å². The fourth-order valence-corrected chi connectivity index (χ4v) is 4.61. The smallest absolute Gasteiger partial charge is 0.230 e. The number of carbonyl (C=O) groups excluding carboxylic acids is 2. The third-order valence-electron chi connectivity index (χ3n) is 6.28. The van der Waals surface area contributed by atoms with Crippen LogP contribution in [0.2, 0.25) is 0 Å². The van der Waals surface area contributed by atoms with Crippen LogP contribution in [0.1, 0.15) is 31.2 Å². The molecule has 1 heterocycles. The number of piperidine rings is 1. The van der Waals surface area contributed by atoms with Gasteiger partial charge in [-0.3, -0.25) is 9.59 Å². The van der Waals surface area contributed by atoms with Crippen LogP contribution in [0.5, 0.6) is 0 Å². The molecular weight excluding hydrogens is 360 g/mol. The Morgan fingerprint density at radius 2 is 1.66 bits per heavy atom. The van der Waals surface area contributed by atoms with Crippen molar-refractivity contribution in [1.29, 1.82) is 0 Å². The summed E-state index contributed by atoms with van der Waals surface area (Å²) < 4.78 is 0.